The van der Waals surface area contributed by atoms with Crippen molar-refractivity contribution in [3.05, 3.63) is 88.8 Å². The number of rotatable bonds is 5. The molecule has 4 nitrogen and oxygen atoms in total. The Kier molecular flexibility index (Phi) is 5.26. The summed E-state index contributed by atoms with van der Waals surface area (Å²) in [6.45, 7) is 0.643. The maximum Gasteiger partial charge on any atom is 0.260 e. The van der Waals surface area contributed by atoms with E-state index < -0.39 is 11.7 Å². The van der Waals surface area contributed by atoms with Crippen LogP contribution in [0, 0.1) is 5.82 Å². The topological polar surface area (TPSA) is 54.0 Å². The van der Waals surface area contributed by atoms with Gasteiger partial charge in [0.05, 0.1) is 22.5 Å². The van der Waals surface area contributed by atoms with Crippen molar-refractivity contribution in [1.29, 1.82) is 0 Å². The smallest absolute Gasteiger partial charge is 0.260 e. The van der Waals surface area contributed by atoms with Crippen LogP contribution in [0.5, 0.6) is 0 Å². The number of carbonyl (C=O) groups excluding carboxylic acids is 1. The second kappa shape index (κ2) is 7.77. The van der Waals surface area contributed by atoms with E-state index in [0.29, 0.717) is 18.1 Å². The van der Waals surface area contributed by atoms with E-state index in [2.05, 4.69) is 15.6 Å². The third kappa shape index (κ3) is 4.33. The summed E-state index contributed by atoms with van der Waals surface area (Å²) in [6.07, 6.45) is 1.50. The monoisotopic (exact) mass is 355 g/mol. The van der Waals surface area contributed by atoms with Crippen molar-refractivity contribution in [3.63, 3.8) is 0 Å². The number of amides is 1. The fourth-order valence-electron chi connectivity index (χ4n) is 2.27. The van der Waals surface area contributed by atoms with Gasteiger partial charge in [0.1, 0.15) is 11.6 Å². The van der Waals surface area contributed by atoms with Gasteiger partial charge >= 0.3 is 0 Å². The molecule has 0 saturated carbocycles. The third-order valence-corrected chi connectivity index (χ3v) is 3.84. The van der Waals surface area contributed by atoms with E-state index in [1.165, 1.54) is 24.4 Å². The van der Waals surface area contributed by atoms with Crippen LogP contribution < -0.4 is 10.6 Å². The molecule has 1 heterocycles. The van der Waals surface area contributed by atoms with Crippen LogP contribution in [0.4, 0.5) is 15.9 Å². The molecule has 126 valence electrons. The van der Waals surface area contributed by atoms with Crippen LogP contribution >= 0.6 is 11.6 Å². The molecule has 3 aromatic rings. The average molecular weight is 356 g/mol. The Labute approximate surface area is 149 Å². The van der Waals surface area contributed by atoms with Crippen molar-refractivity contribution < 1.29 is 9.18 Å². The number of hydrogen-bond acceptors (Lipinski definition) is 3. The van der Waals surface area contributed by atoms with Crippen LogP contribution in [0.1, 0.15) is 15.9 Å². The Morgan fingerprint density at radius 2 is 1.84 bits per heavy atom. The van der Waals surface area contributed by atoms with Gasteiger partial charge in [-0.1, -0.05) is 48.0 Å². The van der Waals surface area contributed by atoms with Gasteiger partial charge in [-0.3, -0.25) is 4.79 Å². The van der Waals surface area contributed by atoms with Crippen LogP contribution in [0.3, 0.4) is 0 Å². The molecule has 0 aliphatic rings. The first kappa shape index (κ1) is 16.9. The van der Waals surface area contributed by atoms with E-state index in [0.717, 1.165) is 5.56 Å². The largest absolute Gasteiger partial charge is 0.366 e. The Hall–Kier alpha value is -2.92. The lowest BCUT2D eigenvalue weighted by Gasteiger charge is -2.09. The molecule has 3 rings (SSSR count). The second-order valence-electron chi connectivity index (χ2n) is 5.32. The molecule has 1 aromatic heterocycles. The lowest BCUT2D eigenvalue weighted by Crippen LogP contribution is -2.14. The van der Waals surface area contributed by atoms with Crippen LogP contribution in [0.2, 0.25) is 5.02 Å². The highest BCUT2D eigenvalue weighted by atomic mass is 35.5. The average Bonchev–Trinajstić information content (AvgIpc) is 2.62. The zero-order chi connectivity index (χ0) is 17.6. The van der Waals surface area contributed by atoms with E-state index in [1.807, 2.05) is 30.3 Å². The molecule has 0 atom stereocenters. The molecule has 0 radical (unpaired) electrons. The highest BCUT2D eigenvalue weighted by Crippen LogP contribution is 2.20. The standard InChI is InChI=1S/C19H15ClFN3O/c20-15-7-4-8-16(21)18(15)19(25)24-14-9-10-17(23-12-14)22-11-13-5-2-1-3-6-13/h1-10,12H,11H2,(H,22,23)(H,24,25). The van der Waals surface area contributed by atoms with Crippen molar-refractivity contribution in [2.75, 3.05) is 10.6 Å². The molecular formula is C19H15ClFN3O. The first-order valence-corrected chi connectivity index (χ1v) is 8.00. The molecule has 0 spiro atoms. The number of carbonyl (C=O) groups is 1. The van der Waals surface area contributed by atoms with Crippen LogP contribution in [0.15, 0.2) is 66.9 Å². The predicted octanol–water partition coefficient (Wildman–Crippen LogP) is 4.74. The number of nitrogens with zero attached hydrogens (tertiary/aromatic N) is 1. The predicted molar refractivity (Wildman–Crippen MR) is 97.4 cm³/mol. The summed E-state index contributed by atoms with van der Waals surface area (Å²) in [5.74, 6) is -0.611. The second-order valence-corrected chi connectivity index (χ2v) is 5.73. The van der Waals surface area contributed by atoms with Gasteiger partial charge in [-0.05, 0) is 29.8 Å². The number of anilines is 2. The molecule has 0 fully saturated rings. The van der Waals surface area contributed by atoms with E-state index in [1.54, 1.807) is 12.1 Å². The van der Waals surface area contributed by atoms with Crippen molar-refractivity contribution >= 4 is 29.0 Å². The van der Waals surface area contributed by atoms with E-state index in [4.69, 9.17) is 11.6 Å². The number of benzene rings is 2. The molecule has 0 bridgehead atoms. The van der Waals surface area contributed by atoms with Gasteiger partial charge in [0.25, 0.3) is 5.91 Å². The molecule has 2 N–H and O–H groups in total. The van der Waals surface area contributed by atoms with Crippen molar-refractivity contribution in [2.24, 2.45) is 0 Å². The molecule has 0 aliphatic heterocycles. The molecule has 6 heteroatoms. The van der Waals surface area contributed by atoms with E-state index >= 15 is 0 Å². The van der Waals surface area contributed by atoms with Gasteiger partial charge in [-0.15, -0.1) is 0 Å². The molecule has 0 unspecified atom stereocenters. The first-order chi connectivity index (χ1) is 12.1. The number of pyridine rings is 1. The summed E-state index contributed by atoms with van der Waals surface area (Å²) in [6, 6.07) is 17.5. The molecule has 1 amide bonds. The summed E-state index contributed by atoms with van der Waals surface area (Å²) in [4.78, 5) is 16.4. The maximum absolute atomic E-state index is 13.8. The zero-order valence-corrected chi connectivity index (χ0v) is 13.9. The quantitative estimate of drug-likeness (QED) is 0.695. The first-order valence-electron chi connectivity index (χ1n) is 7.63. The molecular weight excluding hydrogens is 341 g/mol. The summed E-state index contributed by atoms with van der Waals surface area (Å²) in [7, 11) is 0. The maximum atomic E-state index is 13.8. The number of halogens is 2. The molecule has 2 aromatic carbocycles. The van der Waals surface area contributed by atoms with E-state index in [-0.39, 0.29) is 10.6 Å². The lowest BCUT2D eigenvalue weighted by atomic mass is 10.2. The van der Waals surface area contributed by atoms with E-state index in [9.17, 15) is 9.18 Å². The Bertz CT molecular complexity index is 849. The zero-order valence-electron chi connectivity index (χ0n) is 13.2. The summed E-state index contributed by atoms with van der Waals surface area (Å²) >= 11 is 5.89. The fourth-order valence-corrected chi connectivity index (χ4v) is 2.52. The highest BCUT2D eigenvalue weighted by molar-refractivity contribution is 6.34. The minimum atomic E-state index is -0.667. The van der Waals surface area contributed by atoms with Gasteiger partial charge < -0.3 is 10.6 Å². The van der Waals surface area contributed by atoms with Gasteiger partial charge in [0.2, 0.25) is 0 Å². The van der Waals surface area contributed by atoms with Crippen LogP contribution in [-0.2, 0) is 6.54 Å². The normalized spacial score (nSPS) is 10.3. The summed E-state index contributed by atoms with van der Waals surface area (Å²) in [5.41, 5.74) is 1.40. The number of nitrogens with one attached hydrogen (secondary N) is 2. The molecule has 0 saturated heterocycles. The lowest BCUT2D eigenvalue weighted by molar-refractivity contribution is 0.102. The number of aromatic nitrogens is 1. The van der Waals surface area contributed by atoms with Gasteiger partial charge in [0.15, 0.2) is 0 Å². The molecule has 25 heavy (non-hydrogen) atoms. The fraction of sp³-hybridized carbons (Fsp3) is 0.0526. The van der Waals surface area contributed by atoms with Gasteiger partial charge in [-0.2, -0.15) is 0 Å². The summed E-state index contributed by atoms with van der Waals surface area (Å²) in [5, 5.41) is 5.84. The van der Waals surface area contributed by atoms with Gasteiger partial charge in [-0.25, -0.2) is 9.37 Å². The van der Waals surface area contributed by atoms with Crippen molar-refractivity contribution in [2.45, 2.75) is 6.54 Å². The number of hydrogen-bond donors (Lipinski definition) is 2. The highest BCUT2D eigenvalue weighted by Gasteiger charge is 2.15. The van der Waals surface area contributed by atoms with Crippen molar-refractivity contribution in [3.8, 4) is 0 Å². The SMILES string of the molecule is O=C(Nc1ccc(NCc2ccccc2)nc1)c1c(F)cccc1Cl. The van der Waals surface area contributed by atoms with Crippen LogP contribution in [-0.4, -0.2) is 10.9 Å². The van der Waals surface area contributed by atoms with Gasteiger partial charge in [0, 0.05) is 6.54 Å². The molecule has 0 aliphatic carbocycles. The minimum Gasteiger partial charge on any atom is -0.366 e. The van der Waals surface area contributed by atoms with Crippen LogP contribution in [0.25, 0.3) is 0 Å². The summed E-state index contributed by atoms with van der Waals surface area (Å²) < 4.78 is 13.8. The Morgan fingerprint density at radius 1 is 1.04 bits per heavy atom. The minimum absolute atomic E-state index is 0.0617. The van der Waals surface area contributed by atoms with Crippen molar-refractivity contribution in [1.82, 2.24) is 4.98 Å². The third-order valence-electron chi connectivity index (χ3n) is 3.53. The Balaban J connectivity index is 1.63. The Morgan fingerprint density at radius 3 is 2.52 bits per heavy atom.